The highest BCUT2D eigenvalue weighted by molar-refractivity contribution is 7.09. The summed E-state index contributed by atoms with van der Waals surface area (Å²) in [6.45, 7) is 1.52. The Hall–Kier alpha value is -2.44. The number of furan rings is 1. The van der Waals surface area contributed by atoms with E-state index in [4.69, 9.17) is 10.2 Å². The molecular formula is C18H17N3O2S. The van der Waals surface area contributed by atoms with Gasteiger partial charge in [-0.05, 0) is 18.1 Å². The summed E-state index contributed by atoms with van der Waals surface area (Å²) in [5, 5.41) is 2.55. The van der Waals surface area contributed by atoms with Gasteiger partial charge < -0.3 is 15.1 Å². The van der Waals surface area contributed by atoms with Crippen LogP contribution < -0.4 is 5.73 Å². The lowest BCUT2D eigenvalue weighted by molar-refractivity contribution is 0.0715. The maximum atomic E-state index is 12.6. The third-order valence-electron chi connectivity index (χ3n) is 4.17. The molecule has 4 rings (SSSR count). The van der Waals surface area contributed by atoms with Gasteiger partial charge in [0, 0.05) is 24.0 Å². The fourth-order valence-corrected chi connectivity index (χ4v) is 3.55. The fraction of sp³-hybridized carbons (Fsp3) is 0.222. The summed E-state index contributed by atoms with van der Waals surface area (Å²) in [4.78, 5) is 18.7. The van der Waals surface area contributed by atoms with Gasteiger partial charge in [0.25, 0.3) is 5.91 Å². The predicted octanol–water partition coefficient (Wildman–Crippen LogP) is 3.06. The summed E-state index contributed by atoms with van der Waals surface area (Å²) < 4.78 is 6.00. The number of rotatable bonds is 3. The van der Waals surface area contributed by atoms with E-state index in [1.54, 1.807) is 10.3 Å². The number of fused-ring (bicyclic) bond motifs is 1. The minimum Gasteiger partial charge on any atom is -0.459 e. The number of nitrogens with zero attached hydrogens (tertiary/aromatic N) is 2. The average Bonchev–Trinajstić information content (AvgIpc) is 3.28. The highest BCUT2D eigenvalue weighted by Gasteiger charge is 2.26. The van der Waals surface area contributed by atoms with Crippen molar-refractivity contribution in [3.63, 3.8) is 0 Å². The van der Waals surface area contributed by atoms with E-state index in [1.165, 1.54) is 16.9 Å². The van der Waals surface area contributed by atoms with Crippen LogP contribution in [0, 0.1) is 0 Å². The molecule has 1 aromatic carbocycles. The molecule has 0 saturated heterocycles. The number of hydrogen-bond donors (Lipinski definition) is 1. The SMILES string of the molecule is NCc1nc(C(=O)N2CCc3cc(-c4ccccc4)oc3C2)cs1. The Bertz CT molecular complexity index is 870. The van der Waals surface area contributed by atoms with Crippen molar-refractivity contribution in [1.82, 2.24) is 9.88 Å². The zero-order valence-electron chi connectivity index (χ0n) is 13.1. The van der Waals surface area contributed by atoms with E-state index in [2.05, 4.69) is 11.1 Å². The van der Waals surface area contributed by atoms with Crippen molar-refractivity contribution < 1.29 is 9.21 Å². The van der Waals surface area contributed by atoms with E-state index in [9.17, 15) is 4.79 Å². The first-order chi connectivity index (χ1) is 11.7. The number of hydrogen-bond acceptors (Lipinski definition) is 5. The summed E-state index contributed by atoms with van der Waals surface area (Å²) in [5.41, 5.74) is 8.27. The Balaban J connectivity index is 1.55. The summed E-state index contributed by atoms with van der Waals surface area (Å²) in [5.74, 6) is 1.66. The molecule has 1 amide bonds. The lowest BCUT2D eigenvalue weighted by Crippen LogP contribution is -2.35. The van der Waals surface area contributed by atoms with Crippen LogP contribution in [0.5, 0.6) is 0 Å². The van der Waals surface area contributed by atoms with E-state index in [-0.39, 0.29) is 5.91 Å². The molecule has 0 fully saturated rings. The lowest BCUT2D eigenvalue weighted by atomic mass is 10.1. The second-order valence-corrected chi connectivity index (χ2v) is 6.68. The van der Waals surface area contributed by atoms with Gasteiger partial charge in [0.2, 0.25) is 0 Å². The van der Waals surface area contributed by atoms with Crippen LogP contribution in [0.25, 0.3) is 11.3 Å². The number of carbonyl (C=O) groups is 1. The number of benzene rings is 1. The fourth-order valence-electron chi connectivity index (χ4n) is 2.90. The van der Waals surface area contributed by atoms with Crippen LogP contribution in [0.2, 0.25) is 0 Å². The molecule has 122 valence electrons. The van der Waals surface area contributed by atoms with Crippen LogP contribution in [-0.2, 0) is 19.5 Å². The zero-order chi connectivity index (χ0) is 16.5. The molecule has 0 bridgehead atoms. The number of thiazole rings is 1. The van der Waals surface area contributed by atoms with Gasteiger partial charge in [0.15, 0.2) is 0 Å². The highest BCUT2D eigenvalue weighted by atomic mass is 32.1. The van der Waals surface area contributed by atoms with Gasteiger partial charge in [-0.1, -0.05) is 30.3 Å². The Labute approximate surface area is 143 Å². The number of amides is 1. The van der Waals surface area contributed by atoms with Crippen molar-refractivity contribution in [2.75, 3.05) is 6.54 Å². The number of nitrogens with two attached hydrogens (primary N) is 1. The third kappa shape index (κ3) is 2.74. The van der Waals surface area contributed by atoms with Gasteiger partial charge in [-0.15, -0.1) is 11.3 Å². The average molecular weight is 339 g/mol. The van der Waals surface area contributed by atoms with Crippen molar-refractivity contribution in [3.8, 4) is 11.3 Å². The van der Waals surface area contributed by atoms with Crippen molar-refractivity contribution in [1.29, 1.82) is 0 Å². The standard InChI is InChI=1S/C18H17N3O2S/c19-9-17-20-14(11-24-17)18(22)21-7-6-13-8-15(23-16(13)10-21)12-4-2-1-3-5-12/h1-5,8,11H,6-7,9-10,19H2. The molecule has 0 radical (unpaired) electrons. The molecular weight excluding hydrogens is 322 g/mol. The molecule has 0 unspecified atom stereocenters. The Morgan fingerprint density at radius 3 is 2.92 bits per heavy atom. The molecule has 2 N–H and O–H groups in total. The molecule has 0 saturated carbocycles. The topological polar surface area (TPSA) is 72.4 Å². The smallest absolute Gasteiger partial charge is 0.273 e. The van der Waals surface area contributed by atoms with Gasteiger partial charge in [0.1, 0.15) is 22.2 Å². The maximum absolute atomic E-state index is 12.6. The monoisotopic (exact) mass is 339 g/mol. The van der Waals surface area contributed by atoms with Crippen molar-refractivity contribution in [2.45, 2.75) is 19.5 Å². The minimum absolute atomic E-state index is 0.0609. The van der Waals surface area contributed by atoms with Crippen molar-refractivity contribution in [2.24, 2.45) is 5.73 Å². The molecule has 1 aliphatic heterocycles. The Kier molecular flexibility index (Phi) is 3.92. The first-order valence-electron chi connectivity index (χ1n) is 7.85. The van der Waals surface area contributed by atoms with Gasteiger partial charge in [-0.25, -0.2) is 4.98 Å². The third-order valence-corrected chi connectivity index (χ3v) is 5.04. The van der Waals surface area contributed by atoms with Crippen LogP contribution in [0.4, 0.5) is 0 Å². The molecule has 0 aliphatic carbocycles. The molecule has 0 spiro atoms. The molecule has 6 heteroatoms. The minimum atomic E-state index is -0.0609. The van der Waals surface area contributed by atoms with E-state index >= 15 is 0 Å². The summed E-state index contributed by atoms with van der Waals surface area (Å²) in [6, 6.07) is 12.1. The van der Waals surface area contributed by atoms with Gasteiger partial charge in [-0.2, -0.15) is 0 Å². The molecule has 3 heterocycles. The van der Waals surface area contributed by atoms with Crippen molar-refractivity contribution >= 4 is 17.2 Å². The molecule has 24 heavy (non-hydrogen) atoms. The first kappa shape index (κ1) is 15.1. The second-order valence-electron chi connectivity index (χ2n) is 5.73. The van der Waals surface area contributed by atoms with Crippen LogP contribution in [0.1, 0.15) is 26.8 Å². The molecule has 1 aliphatic rings. The van der Waals surface area contributed by atoms with E-state index < -0.39 is 0 Å². The summed E-state index contributed by atoms with van der Waals surface area (Å²) in [6.07, 6.45) is 0.797. The molecule has 3 aromatic rings. The lowest BCUT2D eigenvalue weighted by Gasteiger charge is -2.25. The molecule has 5 nitrogen and oxygen atoms in total. The van der Waals surface area contributed by atoms with Gasteiger partial charge in [-0.3, -0.25) is 4.79 Å². The summed E-state index contributed by atoms with van der Waals surface area (Å²) in [7, 11) is 0. The van der Waals surface area contributed by atoms with E-state index in [0.29, 0.717) is 25.3 Å². The van der Waals surface area contributed by atoms with Crippen LogP contribution in [0.15, 0.2) is 46.2 Å². The van der Waals surface area contributed by atoms with E-state index in [1.807, 2.05) is 30.3 Å². The van der Waals surface area contributed by atoms with Crippen LogP contribution in [-0.4, -0.2) is 22.3 Å². The predicted molar refractivity (Wildman–Crippen MR) is 92.6 cm³/mol. The Morgan fingerprint density at radius 1 is 1.33 bits per heavy atom. The Morgan fingerprint density at radius 2 is 2.17 bits per heavy atom. The van der Waals surface area contributed by atoms with Crippen LogP contribution >= 0.6 is 11.3 Å². The first-order valence-corrected chi connectivity index (χ1v) is 8.73. The zero-order valence-corrected chi connectivity index (χ0v) is 13.9. The number of aromatic nitrogens is 1. The van der Waals surface area contributed by atoms with Gasteiger partial charge in [0.05, 0.1) is 6.54 Å². The normalized spacial score (nSPS) is 13.8. The highest BCUT2D eigenvalue weighted by Crippen LogP contribution is 2.30. The second kappa shape index (κ2) is 6.22. The molecule has 0 atom stereocenters. The number of carbonyl (C=O) groups excluding carboxylic acids is 1. The maximum Gasteiger partial charge on any atom is 0.273 e. The van der Waals surface area contributed by atoms with Crippen molar-refractivity contribution in [3.05, 3.63) is 63.8 Å². The summed E-state index contributed by atoms with van der Waals surface area (Å²) >= 11 is 1.42. The molecule has 2 aromatic heterocycles. The van der Waals surface area contributed by atoms with Gasteiger partial charge >= 0.3 is 0 Å². The quantitative estimate of drug-likeness (QED) is 0.796. The van der Waals surface area contributed by atoms with E-state index in [0.717, 1.165) is 28.5 Å². The van der Waals surface area contributed by atoms with Crippen LogP contribution in [0.3, 0.4) is 0 Å². The largest absolute Gasteiger partial charge is 0.459 e.